The summed E-state index contributed by atoms with van der Waals surface area (Å²) in [7, 11) is 1.48. The minimum atomic E-state index is -1.04. The maximum absolute atomic E-state index is 12.3. The van der Waals surface area contributed by atoms with E-state index in [2.05, 4.69) is 10.3 Å². The fraction of sp³-hybridized carbons (Fsp3) is 0.0800. The number of fused-ring (bicyclic) bond motifs is 1. The number of benzene rings is 3. The van der Waals surface area contributed by atoms with Crippen LogP contribution < -0.4 is 14.8 Å². The van der Waals surface area contributed by atoms with Gasteiger partial charge >= 0.3 is 5.97 Å². The molecule has 0 fully saturated rings. The van der Waals surface area contributed by atoms with Crippen molar-refractivity contribution in [3.8, 4) is 22.8 Å². The van der Waals surface area contributed by atoms with E-state index >= 15 is 0 Å². The van der Waals surface area contributed by atoms with E-state index in [1.807, 2.05) is 0 Å². The first-order valence-electron chi connectivity index (χ1n) is 9.95. The molecule has 0 saturated heterocycles. The molecule has 4 rings (SSSR count). The molecule has 166 valence electrons. The van der Waals surface area contributed by atoms with Gasteiger partial charge in [0.25, 0.3) is 5.91 Å². The lowest BCUT2D eigenvalue weighted by Crippen LogP contribution is -2.20. The minimum absolute atomic E-state index is 0.158. The summed E-state index contributed by atoms with van der Waals surface area (Å²) in [5.74, 6) is -0.678. The molecule has 0 spiro atoms. The van der Waals surface area contributed by atoms with Crippen molar-refractivity contribution in [1.29, 1.82) is 0 Å². The molecule has 33 heavy (non-hydrogen) atoms. The highest BCUT2D eigenvalue weighted by Gasteiger charge is 2.15. The second kappa shape index (κ2) is 9.58. The van der Waals surface area contributed by atoms with Crippen LogP contribution in [0.4, 0.5) is 5.69 Å². The number of hydrogen-bond acceptors (Lipinski definition) is 5. The maximum atomic E-state index is 12.3. The van der Waals surface area contributed by atoms with Gasteiger partial charge in [-0.3, -0.25) is 4.79 Å². The largest absolute Gasteiger partial charge is 0.493 e. The second-order valence-electron chi connectivity index (χ2n) is 7.06. The molecule has 1 amide bonds. The average molecular weight is 463 g/mol. The second-order valence-corrected chi connectivity index (χ2v) is 7.47. The van der Waals surface area contributed by atoms with Crippen LogP contribution in [0.1, 0.15) is 10.4 Å². The van der Waals surface area contributed by atoms with E-state index in [9.17, 15) is 14.7 Å². The molecule has 0 aliphatic rings. The van der Waals surface area contributed by atoms with E-state index in [-0.39, 0.29) is 18.1 Å². The number of nitrogens with zero attached hydrogens (tertiary/aromatic N) is 1. The molecular weight excluding hydrogens is 444 g/mol. The highest BCUT2D eigenvalue weighted by atomic mass is 35.5. The number of carboxylic acid groups (broad SMARTS) is 1. The van der Waals surface area contributed by atoms with Crippen molar-refractivity contribution >= 4 is 40.1 Å². The summed E-state index contributed by atoms with van der Waals surface area (Å²) < 4.78 is 11.1. The van der Waals surface area contributed by atoms with Crippen molar-refractivity contribution in [3.63, 3.8) is 0 Å². The van der Waals surface area contributed by atoms with Crippen LogP contribution in [0.3, 0.4) is 0 Å². The third-order valence-electron chi connectivity index (χ3n) is 4.91. The Hall–Kier alpha value is -4.10. The number of pyridine rings is 1. The monoisotopic (exact) mass is 462 g/mol. The standard InChI is InChI=1S/C25H19ClN2O5/c1-32-23-12-15(21-13-17(25(30)31)16-6-2-4-8-19(16)27-21)10-11-22(23)33-14-24(29)28-20-9-5-3-7-18(20)26/h2-13H,14H2,1H3,(H,28,29)(H,30,31). The third kappa shape index (κ3) is 4.88. The van der Waals surface area contributed by atoms with Crippen molar-refractivity contribution in [2.75, 3.05) is 19.0 Å². The van der Waals surface area contributed by atoms with Crippen molar-refractivity contribution in [2.24, 2.45) is 0 Å². The van der Waals surface area contributed by atoms with E-state index in [1.54, 1.807) is 66.7 Å². The first-order valence-corrected chi connectivity index (χ1v) is 10.3. The number of hydrogen-bond donors (Lipinski definition) is 2. The predicted octanol–water partition coefficient (Wildman–Crippen LogP) is 5.28. The number of carbonyl (C=O) groups excluding carboxylic acids is 1. The van der Waals surface area contributed by atoms with E-state index in [0.717, 1.165) is 0 Å². The van der Waals surface area contributed by atoms with E-state index in [4.69, 9.17) is 21.1 Å². The molecule has 1 heterocycles. The zero-order valence-electron chi connectivity index (χ0n) is 17.5. The number of aromatic carboxylic acids is 1. The highest BCUT2D eigenvalue weighted by molar-refractivity contribution is 6.33. The van der Waals surface area contributed by atoms with Crippen molar-refractivity contribution in [1.82, 2.24) is 4.98 Å². The Morgan fingerprint density at radius 2 is 1.76 bits per heavy atom. The Bertz CT molecular complexity index is 1360. The van der Waals surface area contributed by atoms with Gasteiger partial charge < -0.3 is 19.9 Å². The third-order valence-corrected chi connectivity index (χ3v) is 5.24. The summed E-state index contributed by atoms with van der Waals surface area (Å²) in [5, 5.41) is 13.3. The smallest absolute Gasteiger partial charge is 0.336 e. The average Bonchev–Trinajstić information content (AvgIpc) is 2.83. The molecule has 0 aliphatic carbocycles. The van der Waals surface area contributed by atoms with Gasteiger partial charge in [0.15, 0.2) is 18.1 Å². The SMILES string of the molecule is COc1cc(-c2cc(C(=O)O)c3ccccc3n2)ccc1OCC(=O)Nc1ccccc1Cl. The van der Waals surface area contributed by atoms with Crippen LogP contribution >= 0.6 is 11.6 Å². The van der Waals surface area contributed by atoms with Gasteiger partial charge in [-0.1, -0.05) is 41.9 Å². The molecule has 0 atom stereocenters. The van der Waals surface area contributed by atoms with Gasteiger partial charge in [0.1, 0.15) is 0 Å². The number of amides is 1. The Labute approximate surface area is 194 Å². The zero-order chi connectivity index (χ0) is 23.4. The fourth-order valence-electron chi connectivity index (χ4n) is 3.34. The van der Waals surface area contributed by atoms with Gasteiger partial charge in [0, 0.05) is 10.9 Å². The lowest BCUT2D eigenvalue weighted by Gasteiger charge is -2.13. The van der Waals surface area contributed by atoms with Crippen LogP contribution in [0.5, 0.6) is 11.5 Å². The number of nitrogens with one attached hydrogen (secondary N) is 1. The van der Waals surface area contributed by atoms with E-state index < -0.39 is 5.97 Å². The summed E-state index contributed by atoms with van der Waals surface area (Å²) in [6.45, 7) is -0.252. The zero-order valence-corrected chi connectivity index (χ0v) is 18.3. The summed E-state index contributed by atoms with van der Waals surface area (Å²) in [6.07, 6.45) is 0. The molecule has 0 bridgehead atoms. The molecule has 8 heteroatoms. The van der Waals surface area contributed by atoms with Gasteiger partial charge in [-0.05, 0) is 42.5 Å². The van der Waals surface area contributed by atoms with E-state index in [1.165, 1.54) is 13.2 Å². The normalized spacial score (nSPS) is 10.6. The minimum Gasteiger partial charge on any atom is -0.493 e. The maximum Gasteiger partial charge on any atom is 0.336 e. The molecule has 7 nitrogen and oxygen atoms in total. The van der Waals surface area contributed by atoms with Crippen molar-refractivity contribution < 1.29 is 24.2 Å². The molecule has 4 aromatic rings. The van der Waals surface area contributed by atoms with Crippen LogP contribution in [0.2, 0.25) is 5.02 Å². The number of carbonyl (C=O) groups is 2. The van der Waals surface area contributed by atoms with Gasteiger partial charge in [-0.2, -0.15) is 0 Å². The molecule has 1 aromatic heterocycles. The molecule has 0 radical (unpaired) electrons. The highest BCUT2D eigenvalue weighted by Crippen LogP contribution is 2.33. The van der Waals surface area contributed by atoms with Crippen LogP contribution in [0, 0.1) is 0 Å². The predicted molar refractivity (Wildman–Crippen MR) is 126 cm³/mol. The number of rotatable bonds is 7. The molecule has 3 aromatic carbocycles. The summed E-state index contributed by atoms with van der Waals surface area (Å²) >= 11 is 6.06. The van der Waals surface area contributed by atoms with E-state index in [0.29, 0.717) is 44.4 Å². The number of anilines is 1. The number of aromatic nitrogens is 1. The van der Waals surface area contributed by atoms with Crippen LogP contribution in [-0.4, -0.2) is 35.7 Å². The first kappa shape index (κ1) is 22.1. The molecule has 0 unspecified atom stereocenters. The van der Waals surface area contributed by atoms with Crippen molar-refractivity contribution in [3.05, 3.63) is 83.4 Å². The number of carboxylic acids is 1. The van der Waals surface area contributed by atoms with Crippen molar-refractivity contribution in [2.45, 2.75) is 0 Å². The Morgan fingerprint density at radius 1 is 1.00 bits per heavy atom. The van der Waals surface area contributed by atoms with Gasteiger partial charge in [0.2, 0.25) is 0 Å². The molecule has 2 N–H and O–H groups in total. The first-order chi connectivity index (χ1) is 16.0. The van der Waals surface area contributed by atoms with Gasteiger partial charge in [-0.15, -0.1) is 0 Å². The lowest BCUT2D eigenvalue weighted by molar-refractivity contribution is -0.118. The Kier molecular flexibility index (Phi) is 6.42. The fourth-order valence-corrected chi connectivity index (χ4v) is 3.52. The van der Waals surface area contributed by atoms with Crippen LogP contribution in [0.15, 0.2) is 72.8 Å². The number of para-hydroxylation sites is 2. The quantitative estimate of drug-likeness (QED) is 0.388. The summed E-state index contributed by atoms with van der Waals surface area (Å²) in [4.78, 5) is 28.6. The Morgan fingerprint density at radius 3 is 2.52 bits per heavy atom. The van der Waals surface area contributed by atoms with Crippen LogP contribution in [0.25, 0.3) is 22.2 Å². The Balaban J connectivity index is 1.57. The number of halogens is 1. The van der Waals surface area contributed by atoms with Gasteiger partial charge in [-0.25, -0.2) is 9.78 Å². The van der Waals surface area contributed by atoms with Gasteiger partial charge in [0.05, 0.1) is 34.6 Å². The number of methoxy groups -OCH3 is 1. The molecule has 0 saturated carbocycles. The summed E-state index contributed by atoms with van der Waals surface area (Å²) in [6, 6.07) is 20.5. The number of ether oxygens (including phenoxy) is 2. The topological polar surface area (TPSA) is 97.8 Å². The summed E-state index contributed by atoms with van der Waals surface area (Å²) in [5.41, 5.74) is 2.35. The van der Waals surface area contributed by atoms with Crippen LogP contribution in [-0.2, 0) is 4.79 Å². The molecule has 0 aliphatic heterocycles. The molecular formula is C25H19ClN2O5. The lowest BCUT2D eigenvalue weighted by atomic mass is 10.0.